The Labute approximate surface area is 266 Å². The molecule has 228 valence electrons. The number of pyridine rings is 2. The number of hydrogen-bond acceptors (Lipinski definition) is 8. The minimum atomic E-state index is -0.462. The SMILES string of the molecule is COC(=O)c1ccc(-c2nc(C)ccc2C(=O)OCc2ccccc2)cc1.Cc1ccc(C(=O)OCc2ccccc2)c(Cl)n1. The molecular formula is C36H31ClN2O6. The van der Waals surface area contributed by atoms with Crippen LogP contribution in [0.2, 0.25) is 5.15 Å². The van der Waals surface area contributed by atoms with Crippen molar-refractivity contribution >= 4 is 29.5 Å². The Hall–Kier alpha value is -5.34. The lowest BCUT2D eigenvalue weighted by Crippen LogP contribution is -2.09. The molecule has 45 heavy (non-hydrogen) atoms. The van der Waals surface area contributed by atoms with Crippen LogP contribution >= 0.6 is 11.6 Å². The second kappa shape index (κ2) is 15.9. The highest BCUT2D eigenvalue weighted by Gasteiger charge is 2.17. The molecule has 0 aliphatic heterocycles. The lowest BCUT2D eigenvalue weighted by atomic mass is 10.0. The van der Waals surface area contributed by atoms with Crippen LogP contribution in [-0.2, 0) is 27.4 Å². The Kier molecular flexibility index (Phi) is 11.5. The minimum Gasteiger partial charge on any atom is -0.465 e. The van der Waals surface area contributed by atoms with E-state index < -0.39 is 17.9 Å². The van der Waals surface area contributed by atoms with E-state index in [2.05, 4.69) is 9.97 Å². The molecule has 0 atom stereocenters. The van der Waals surface area contributed by atoms with Gasteiger partial charge in [-0.05, 0) is 61.4 Å². The summed E-state index contributed by atoms with van der Waals surface area (Å²) in [6, 6.07) is 32.6. The summed E-state index contributed by atoms with van der Waals surface area (Å²) in [6.07, 6.45) is 0. The Bertz CT molecular complexity index is 1760. The number of esters is 3. The summed E-state index contributed by atoms with van der Waals surface area (Å²) >= 11 is 5.89. The molecule has 0 saturated carbocycles. The number of carbonyl (C=O) groups excluding carboxylic acids is 3. The number of hydrogen-bond donors (Lipinski definition) is 0. The molecule has 2 heterocycles. The van der Waals surface area contributed by atoms with Gasteiger partial charge < -0.3 is 14.2 Å². The highest BCUT2D eigenvalue weighted by atomic mass is 35.5. The van der Waals surface area contributed by atoms with Gasteiger partial charge in [0.05, 0.1) is 29.5 Å². The van der Waals surface area contributed by atoms with Gasteiger partial charge in [-0.25, -0.2) is 19.4 Å². The fraction of sp³-hybridized carbons (Fsp3) is 0.139. The van der Waals surface area contributed by atoms with Crippen LogP contribution in [0.5, 0.6) is 0 Å². The van der Waals surface area contributed by atoms with E-state index in [0.717, 1.165) is 28.1 Å². The Balaban J connectivity index is 0.000000222. The van der Waals surface area contributed by atoms with Gasteiger partial charge in [0.1, 0.15) is 18.4 Å². The molecule has 0 bridgehead atoms. The maximum absolute atomic E-state index is 12.6. The monoisotopic (exact) mass is 622 g/mol. The molecular weight excluding hydrogens is 592 g/mol. The van der Waals surface area contributed by atoms with Gasteiger partial charge in [-0.15, -0.1) is 0 Å². The van der Waals surface area contributed by atoms with Crippen molar-refractivity contribution < 1.29 is 28.6 Å². The fourth-order valence-corrected chi connectivity index (χ4v) is 4.38. The smallest absolute Gasteiger partial charge is 0.341 e. The molecule has 2 aromatic heterocycles. The van der Waals surface area contributed by atoms with Crippen molar-refractivity contribution in [1.29, 1.82) is 0 Å². The van der Waals surface area contributed by atoms with Crippen LogP contribution < -0.4 is 0 Å². The molecule has 0 amide bonds. The van der Waals surface area contributed by atoms with E-state index >= 15 is 0 Å². The number of benzene rings is 3. The summed E-state index contributed by atoms with van der Waals surface area (Å²) in [6.45, 7) is 4.08. The molecule has 0 N–H and O–H groups in total. The van der Waals surface area contributed by atoms with Gasteiger partial charge in [-0.1, -0.05) is 84.4 Å². The van der Waals surface area contributed by atoms with Crippen molar-refractivity contribution in [2.45, 2.75) is 27.1 Å². The molecule has 0 aliphatic carbocycles. The molecule has 3 aromatic carbocycles. The summed E-state index contributed by atoms with van der Waals surface area (Å²) in [7, 11) is 1.33. The summed E-state index contributed by atoms with van der Waals surface area (Å²) in [4.78, 5) is 44.5. The normalized spacial score (nSPS) is 10.2. The maximum Gasteiger partial charge on any atom is 0.341 e. The predicted octanol–water partition coefficient (Wildman–Crippen LogP) is 7.60. The van der Waals surface area contributed by atoms with Crippen LogP contribution in [0.25, 0.3) is 11.3 Å². The Morgan fingerprint density at radius 2 is 1.09 bits per heavy atom. The maximum atomic E-state index is 12.6. The van der Waals surface area contributed by atoms with Crippen LogP contribution in [0.15, 0.2) is 109 Å². The van der Waals surface area contributed by atoms with Crippen LogP contribution in [0, 0.1) is 13.8 Å². The van der Waals surface area contributed by atoms with Crippen LogP contribution in [0.3, 0.4) is 0 Å². The third-order valence-electron chi connectivity index (χ3n) is 6.47. The van der Waals surface area contributed by atoms with E-state index in [1.807, 2.05) is 74.5 Å². The highest BCUT2D eigenvalue weighted by Crippen LogP contribution is 2.24. The first-order chi connectivity index (χ1) is 21.7. The second-order valence-corrected chi connectivity index (χ2v) is 10.2. The van der Waals surface area contributed by atoms with Crippen molar-refractivity contribution in [3.8, 4) is 11.3 Å². The van der Waals surface area contributed by atoms with Gasteiger partial charge in [0, 0.05) is 17.0 Å². The lowest BCUT2D eigenvalue weighted by molar-refractivity contribution is 0.0464. The first-order valence-corrected chi connectivity index (χ1v) is 14.3. The fourth-order valence-electron chi connectivity index (χ4n) is 4.10. The summed E-state index contributed by atoms with van der Waals surface area (Å²) in [5.41, 5.74) is 5.73. The largest absolute Gasteiger partial charge is 0.465 e. The highest BCUT2D eigenvalue weighted by molar-refractivity contribution is 6.32. The van der Waals surface area contributed by atoms with Crippen LogP contribution in [0.1, 0.15) is 53.6 Å². The van der Waals surface area contributed by atoms with E-state index in [1.165, 1.54) is 7.11 Å². The molecule has 0 radical (unpaired) electrons. The average Bonchev–Trinajstić information content (AvgIpc) is 3.07. The number of aromatic nitrogens is 2. The van der Waals surface area contributed by atoms with Crippen molar-refractivity contribution in [3.05, 3.63) is 154 Å². The van der Waals surface area contributed by atoms with Gasteiger partial charge >= 0.3 is 17.9 Å². The number of halogens is 1. The van der Waals surface area contributed by atoms with E-state index in [4.69, 9.17) is 25.8 Å². The molecule has 8 nitrogen and oxygen atoms in total. The number of ether oxygens (including phenoxy) is 3. The zero-order valence-corrected chi connectivity index (χ0v) is 25.8. The molecule has 5 aromatic rings. The second-order valence-electron chi connectivity index (χ2n) is 9.83. The zero-order chi connectivity index (χ0) is 32.2. The van der Waals surface area contributed by atoms with Crippen molar-refractivity contribution in [1.82, 2.24) is 9.97 Å². The first-order valence-electron chi connectivity index (χ1n) is 14.0. The molecule has 0 aliphatic rings. The topological polar surface area (TPSA) is 105 Å². The van der Waals surface area contributed by atoms with Gasteiger partial charge in [-0.3, -0.25) is 4.98 Å². The average molecular weight is 623 g/mol. The molecule has 0 saturated heterocycles. The zero-order valence-electron chi connectivity index (χ0n) is 25.0. The summed E-state index contributed by atoms with van der Waals surface area (Å²) < 4.78 is 15.3. The van der Waals surface area contributed by atoms with Crippen molar-refractivity contribution in [2.24, 2.45) is 0 Å². The quantitative estimate of drug-likeness (QED) is 0.0989. The summed E-state index contributed by atoms with van der Waals surface area (Å²) in [5.74, 6) is -1.32. The minimum absolute atomic E-state index is 0.174. The molecule has 9 heteroatoms. The number of nitrogens with zero attached hydrogens (tertiary/aromatic N) is 2. The van der Waals surface area contributed by atoms with Gasteiger partial charge in [0.25, 0.3) is 0 Å². The van der Waals surface area contributed by atoms with E-state index in [1.54, 1.807) is 48.5 Å². The predicted molar refractivity (Wildman–Crippen MR) is 171 cm³/mol. The van der Waals surface area contributed by atoms with E-state index in [9.17, 15) is 14.4 Å². The van der Waals surface area contributed by atoms with Gasteiger partial charge in [0.2, 0.25) is 0 Å². The number of rotatable bonds is 8. The first kappa shape index (κ1) is 32.6. The van der Waals surface area contributed by atoms with Crippen LogP contribution in [-0.4, -0.2) is 35.0 Å². The van der Waals surface area contributed by atoms with E-state index in [0.29, 0.717) is 16.8 Å². The molecule has 5 rings (SSSR count). The van der Waals surface area contributed by atoms with Crippen molar-refractivity contribution in [3.63, 3.8) is 0 Å². The molecule has 0 spiro atoms. The number of methoxy groups -OCH3 is 1. The number of carbonyl (C=O) groups is 3. The van der Waals surface area contributed by atoms with Crippen molar-refractivity contribution in [2.75, 3.05) is 7.11 Å². The standard InChI is InChI=1S/C22H19NO4.C14H12ClNO2/c1-15-8-13-19(22(25)27-14-16-6-4-3-5-7-16)20(23-15)17-9-11-18(12-10-17)21(24)26-2;1-10-7-8-12(13(15)16-10)14(17)18-9-11-5-3-2-4-6-11/h3-13H,14H2,1-2H3;2-8H,9H2,1H3. The third-order valence-corrected chi connectivity index (χ3v) is 6.76. The summed E-state index contributed by atoms with van der Waals surface area (Å²) in [5, 5.41) is 0.174. The van der Waals surface area contributed by atoms with Gasteiger partial charge in [-0.2, -0.15) is 0 Å². The Morgan fingerprint density at radius 3 is 1.60 bits per heavy atom. The molecule has 0 unspecified atom stereocenters. The van der Waals surface area contributed by atoms with Crippen LogP contribution in [0.4, 0.5) is 0 Å². The van der Waals surface area contributed by atoms with Gasteiger partial charge in [0.15, 0.2) is 0 Å². The number of aryl methyl sites for hydroxylation is 2. The van der Waals surface area contributed by atoms with E-state index in [-0.39, 0.29) is 23.9 Å². The third kappa shape index (κ3) is 9.32. The lowest BCUT2D eigenvalue weighted by Gasteiger charge is -2.11. The Morgan fingerprint density at radius 1 is 0.600 bits per heavy atom. The molecule has 0 fully saturated rings.